The Hall–Kier alpha value is -1.09. The van der Waals surface area contributed by atoms with Crippen molar-refractivity contribution >= 4 is 17.5 Å². The van der Waals surface area contributed by atoms with E-state index in [1.807, 2.05) is 0 Å². The summed E-state index contributed by atoms with van der Waals surface area (Å²) in [6.45, 7) is 6.27. The van der Waals surface area contributed by atoms with E-state index in [1.165, 1.54) is 0 Å². The lowest BCUT2D eigenvalue weighted by atomic mass is 9.89. The Balaban J connectivity index is 2.84. The van der Waals surface area contributed by atoms with Crippen molar-refractivity contribution in [2.24, 2.45) is 0 Å². The Morgan fingerprint density at radius 3 is 2.41 bits per heavy atom. The minimum absolute atomic E-state index is 0.0835. The molecule has 0 atom stereocenters. The van der Waals surface area contributed by atoms with Gasteiger partial charge in [0.05, 0.1) is 0 Å². The molecule has 1 N–H and O–H groups in total. The second kappa shape index (κ2) is 6.01. The number of hydrogen-bond donors (Lipinski definition) is 1. The average Bonchev–Trinajstić information content (AvgIpc) is 2.36. The van der Waals surface area contributed by atoms with E-state index in [0.29, 0.717) is 10.7 Å². The Morgan fingerprint density at radius 1 is 1.35 bits per heavy atom. The summed E-state index contributed by atoms with van der Waals surface area (Å²) in [5.74, 6) is -0.0835. The molecule has 1 heterocycles. The number of hydrogen-bond acceptors (Lipinski definition) is 2. The molecule has 0 aliphatic carbocycles. The van der Waals surface area contributed by atoms with Crippen molar-refractivity contribution in [2.45, 2.75) is 45.6 Å². The fraction of sp³-hybridized carbons (Fsp3) is 0.538. The summed E-state index contributed by atoms with van der Waals surface area (Å²) in [6, 6.07) is 3.26. The highest BCUT2D eigenvalue weighted by Crippen LogP contribution is 2.20. The van der Waals surface area contributed by atoms with Crippen LogP contribution in [0.3, 0.4) is 0 Å². The number of halogens is 1. The summed E-state index contributed by atoms with van der Waals surface area (Å²) in [5.41, 5.74) is 0.442. The van der Waals surface area contributed by atoms with Gasteiger partial charge >= 0.3 is 0 Å². The maximum Gasteiger partial charge on any atom is 0.251 e. The van der Waals surface area contributed by atoms with Crippen LogP contribution in [0.5, 0.6) is 0 Å². The van der Waals surface area contributed by atoms with Gasteiger partial charge < -0.3 is 5.32 Å². The molecule has 3 nitrogen and oxygen atoms in total. The third-order valence-electron chi connectivity index (χ3n) is 3.40. The first-order chi connectivity index (χ1) is 8.06. The lowest BCUT2D eigenvalue weighted by molar-refractivity contribution is 0.0888. The van der Waals surface area contributed by atoms with Gasteiger partial charge in [-0.3, -0.25) is 4.79 Å². The van der Waals surface area contributed by atoms with Crippen LogP contribution in [-0.4, -0.2) is 16.4 Å². The molecule has 1 aromatic rings. The van der Waals surface area contributed by atoms with E-state index < -0.39 is 0 Å². The number of aromatic nitrogens is 1. The molecule has 1 rings (SSSR count). The lowest BCUT2D eigenvalue weighted by Gasteiger charge is -2.31. The van der Waals surface area contributed by atoms with Gasteiger partial charge in [-0.1, -0.05) is 32.4 Å². The Kier molecular flexibility index (Phi) is 4.94. The van der Waals surface area contributed by atoms with E-state index in [1.54, 1.807) is 18.3 Å². The topological polar surface area (TPSA) is 42.0 Å². The Bertz CT molecular complexity index is 380. The van der Waals surface area contributed by atoms with Crippen LogP contribution in [0, 0.1) is 0 Å². The van der Waals surface area contributed by atoms with Crippen molar-refractivity contribution in [1.82, 2.24) is 10.3 Å². The van der Waals surface area contributed by atoms with E-state index in [4.69, 9.17) is 11.6 Å². The van der Waals surface area contributed by atoms with Gasteiger partial charge in [0, 0.05) is 17.3 Å². The molecule has 0 fully saturated rings. The zero-order valence-electron chi connectivity index (χ0n) is 10.6. The number of nitrogens with one attached hydrogen (secondary N) is 1. The molecule has 1 aromatic heterocycles. The van der Waals surface area contributed by atoms with Crippen LogP contribution in [0.15, 0.2) is 18.3 Å². The fourth-order valence-electron chi connectivity index (χ4n) is 1.87. The van der Waals surface area contributed by atoms with Crippen molar-refractivity contribution < 1.29 is 4.79 Å². The minimum atomic E-state index is -0.118. The highest BCUT2D eigenvalue weighted by Gasteiger charge is 2.26. The summed E-state index contributed by atoms with van der Waals surface area (Å²) < 4.78 is 0. The van der Waals surface area contributed by atoms with Crippen LogP contribution in [0.1, 0.15) is 50.4 Å². The molecule has 0 aromatic carbocycles. The zero-order chi connectivity index (χ0) is 12.9. The monoisotopic (exact) mass is 254 g/mol. The van der Waals surface area contributed by atoms with Crippen molar-refractivity contribution in [3.05, 3.63) is 29.0 Å². The van der Waals surface area contributed by atoms with Gasteiger partial charge in [-0.05, 0) is 31.4 Å². The molecule has 0 bridgehead atoms. The largest absolute Gasteiger partial charge is 0.347 e. The van der Waals surface area contributed by atoms with Crippen LogP contribution >= 0.6 is 11.6 Å². The Morgan fingerprint density at radius 2 is 1.94 bits per heavy atom. The molecule has 0 aliphatic rings. The third-order valence-corrected chi connectivity index (χ3v) is 3.60. The molecule has 0 aliphatic heterocycles. The van der Waals surface area contributed by atoms with Crippen molar-refractivity contribution in [3.8, 4) is 0 Å². The second-order valence-electron chi connectivity index (χ2n) is 4.16. The smallest absolute Gasteiger partial charge is 0.251 e. The van der Waals surface area contributed by atoms with Gasteiger partial charge in [0.2, 0.25) is 0 Å². The quantitative estimate of drug-likeness (QED) is 0.818. The van der Waals surface area contributed by atoms with E-state index in [-0.39, 0.29) is 11.4 Å². The van der Waals surface area contributed by atoms with Gasteiger partial charge in [-0.15, -0.1) is 0 Å². The molecule has 17 heavy (non-hydrogen) atoms. The maximum absolute atomic E-state index is 12.1. The molecule has 4 heteroatoms. The van der Waals surface area contributed by atoms with E-state index >= 15 is 0 Å². The molecule has 0 unspecified atom stereocenters. The normalized spacial score (nSPS) is 11.3. The number of carbonyl (C=O) groups is 1. The SMILES string of the molecule is CCC(CC)(CC)NC(=O)c1ccnc(Cl)c1. The average molecular weight is 255 g/mol. The molecule has 0 saturated heterocycles. The number of nitrogens with zero attached hydrogens (tertiary/aromatic N) is 1. The van der Waals surface area contributed by atoms with Crippen molar-refractivity contribution in [1.29, 1.82) is 0 Å². The number of carbonyl (C=O) groups excluding carboxylic acids is 1. The molecule has 0 saturated carbocycles. The summed E-state index contributed by atoms with van der Waals surface area (Å²) in [7, 11) is 0. The first kappa shape index (κ1) is 14.0. The zero-order valence-corrected chi connectivity index (χ0v) is 11.3. The lowest BCUT2D eigenvalue weighted by Crippen LogP contribution is -2.47. The van der Waals surface area contributed by atoms with Gasteiger partial charge in [0.1, 0.15) is 5.15 Å². The van der Waals surface area contributed by atoms with Gasteiger partial charge in [0.15, 0.2) is 0 Å². The highest BCUT2D eigenvalue weighted by molar-refractivity contribution is 6.29. The summed E-state index contributed by atoms with van der Waals surface area (Å²) in [6.07, 6.45) is 4.31. The fourth-order valence-corrected chi connectivity index (χ4v) is 2.05. The van der Waals surface area contributed by atoms with Crippen LogP contribution in [0.4, 0.5) is 0 Å². The number of rotatable bonds is 5. The van der Waals surface area contributed by atoms with E-state index in [2.05, 4.69) is 31.1 Å². The van der Waals surface area contributed by atoms with Gasteiger partial charge in [-0.25, -0.2) is 4.98 Å². The van der Waals surface area contributed by atoms with Crippen molar-refractivity contribution in [2.75, 3.05) is 0 Å². The standard InChI is InChI=1S/C13H19ClN2O/c1-4-13(5-2,6-3)16-12(17)10-7-8-15-11(14)9-10/h7-9H,4-6H2,1-3H3,(H,16,17). The predicted molar refractivity (Wildman–Crippen MR) is 70.3 cm³/mol. The summed E-state index contributed by atoms with van der Waals surface area (Å²) in [4.78, 5) is 16.0. The third kappa shape index (κ3) is 3.43. The second-order valence-corrected chi connectivity index (χ2v) is 4.55. The molecule has 0 spiro atoms. The predicted octanol–water partition coefficient (Wildman–Crippen LogP) is 3.43. The summed E-state index contributed by atoms with van der Waals surface area (Å²) >= 11 is 5.77. The first-order valence-corrected chi connectivity index (χ1v) is 6.38. The van der Waals surface area contributed by atoms with Crippen LogP contribution in [0.2, 0.25) is 5.15 Å². The first-order valence-electron chi connectivity index (χ1n) is 6.01. The van der Waals surface area contributed by atoms with Crippen LogP contribution in [0.25, 0.3) is 0 Å². The van der Waals surface area contributed by atoms with Crippen LogP contribution in [-0.2, 0) is 0 Å². The maximum atomic E-state index is 12.1. The van der Waals surface area contributed by atoms with Gasteiger partial charge in [0.25, 0.3) is 5.91 Å². The number of amides is 1. The van der Waals surface area contributed by atoms with Gasteiger partial charge in [-0.2, -0.15) is 0 Å². The molecule has 0 radical (unpaired) electrons. The van der Waals surface area contributed by atoms with E-state index in [9.17, 15) is 4.79 Å². The van der Waals surface area contributed by atoms with Crippen LogP contribution < -0.4 is 5.32 Å². The highest BCUT2D eigenvalue weighted by atomic mass is 35.5. The Labute approximate surface area is 108 Å². The molecular weight excluding hydrogens is 236 g/mol. The minimum Gasteiger partial charge on any atom is -0.347 e. The molecule has 94 valence electrons. The molecular formula is C13H19ClN2O. The van der Waals surface area contributed by atoms with Crippen molar-refractivity contribution in [3.63, 3.8) is 0 Å². The van der Waals surface area contributed by atoms with E-state index in [0.717, 1.165) is 19.3 Å². The number of pyridine rings is 1. The summed E-state index contributed by atoms with van der Waals surface area (Å²) in [5, 5.41) is 3.44. The molecule has 1 amide bonds.